The second-order valence-corrected chi connectivity index (χ2v) is 13.4. The van der Waals surface area contributed by atoms with Gasteiger partial charge >= 0.3 is 5.97 Å². The first-order valence-electron chi connectivity index (χ1n) is 17.3. The number of halogens is 1. The number of rotatable bonds is 12. The summed E-state index contributed by atoms with van der Waals surface area (Å²) in [6, 6.07) is 10.9. The lowest BCUT2D eigenvalue weighted by molar-refractivity contribution is -0.164. The average molecular weight is 684 g/mol. The number of nitrogens with one attached hydrogen (secondary N) is 2. The Bertz CT molecular complexity index is 1830. The number of benzene rings is 1. The summed E-state index contributed by atoms with van der Waals surface area (Å²) in [5, 5.41) is 9.22. The fourth-order valence-electron chi connectivity index (χ4n) is 7.29. The number of aryl methyl sites for hydroxylation is 2. The van der Waals surface area contributed by atoms with Crippen LogP contribution in [0.1, 0.15) is 91.3 Å². The molecule has 5 rings (SSSR count). The van der Waals surface area contributed by atoms with E-state index in [0.29, 0.717) is 43.4 Å². The van der Waals surface area contributed by atoms with Crippen molar-refractivity contribution in [2.24, 2.45) is 5.41 Å². The van der Waals surface area contributed by atoms with Gasteiger partial charge in [-0.25, -0.2) is 9.49 Å². The molecule has 10 nitrogen and oxygen atoms in total. The van der Waals surface area contributed by atoms with Crippen LogP contribution < -0.4 is 10.9 Å². The summed E-state index contributed by atoms with van der Waals surface area (Å²) in [6.45, 7) is 9.21. The van der Waals surface area contributed by atoms with E-state index in [9.17, 15) is 23.6 Å². The highest BCUT2D eigenvalue weighted by atomic mass is 19.1. The van der Waals surface area contributed by atoms with Gasteiger partial charge in [0.2, 0.25) is 5.91 Å². The van der Waals surface area contributed by atoms with Gasteiger partial charge in [0.1, 0.15) is 24.5 Å². The summed E-state index contributed by atoms with van der Waals surface area (Å²) in [5.74, 6) is -1.27. The zero-order valence-electron chi connectivity index (χ0n) is 29.4. The molecule has 0 saturated carbocycles. The number of hydrogen-bond donors (Lipinski definition) is 2. The van der Waals surface area contributed by atoms with Crippen molar-refractivity contribution in [3.05, 3.63) is 116 Å². The van der Waals surface area contributed by atoms with Crippen LogP contribution in [0.2, 0.25) is 0 Å². The number of H-pyrrole nitrogens is 1. The molecule has 1 unspecified atom stereocenters. The van der Waals surface area contributed by atoms with Crippen LogP contribution in [0.25, 0.3) is 0 Å². The number of esters is 1. The number of pyridine rings is 1. The van der Waals surface area contributed by atoms with E-state index < -0.39 is 35.6 Å². The molecule has 2 N–H and O–H groups in total. The molecule has 1 aliphatic heterocycles. The molecule has 11 heteroatoms. The van der Waals surface area contributed by atoms with Gasteiger partial charge in [-0.05, 0) is 80.9 Å². The van der Waals surface area contributed by atoms with E-state index in [0.717, 1.165) is 22.3 Å². The first-order valence-corrected chi connectivity index (χ1v) is 17.3. The Kier molecular flexibility index (Phi) is 11.4. The number of aromatic amines is 1. The van der Waals surface area contributed by atoms with E-state index >= 15 is 0 Å². The number of alkyl halides is 1. The summed E-state index contributed by atoms with van der Waals surface area (Å²) >= 11 is 0. The summed E-state index contributed by atoms with van der Waals surface area (Å²) in [7, 11) is 0. The number of carbonyl (C=O) groups excluding carboxylic acids is 3. The first-order chi connectivity index (χ1) is 24.0. The highest BCUT2D eigenvalue weighted by Crippen LogP contribution is 2.45. The Morgan fingerprint density at radius 3 is 2.52 bits per heavy atom. The Labute approximate surface area is 292 Å². The summed E-state index contributed by atoms with van der Waals surface area (Å²) in [6.07, 6.45) is 7.85. The van der Waals surface area contributed by atoms with Crippen molar-refractivity contribution in [2.75, 3.05) is 0 Å². The minimum Gasteiger partial charge on any atom is -0.460 e. The fraction of sp³-hybridized carbons (Fsp3) is 0.436. The van der Waals surface area contributed by atoms with Crippen LogP contribution in [0.5, 0.6) is 0 Å². The summed E-state index contributed by atoms with van der Waals surface area (Å²) < 4.78 is 20.5. The Morgan fingerprint density at radius 1 is 1.10 bits per heavy atom. The molecule has 0 radical (unpaired) electrons. The molecule has 1 aromatic carbocycles. The van der Waals surface area contributed by atoms with E-state index in [2.05, 4.69) is 20.5 Å². The van der Waals surface area contributed by atoms with Gasteiger partial charge in [0, 0.05) is 30.6 Å². The highest BCUT2D eigenvalue weighted by Gasteiger charge is 2.53. The Morgan fingerprint density at radius 2 is 1.84 bits per heavy atom. The van der Waals surface area contributed by atoms with E-state index in [4.69, 9.17) is 4.74 Å². The van der Waals surface area contributed by atoms with Crippen LogP contribution in [0.4, 0.5) is 4.39 Å². The number of allylic oxidation sites excluding steroid dienone is 3. The molecule has 2 aliphatic rings. The minimum absolute atomic E-state index is 0.112. The molecule has 3 aromatic rings. The van der Waals surface area contributed by atoms with Crippen LogP contribution >= 0.6 is 0 Å². The monoisotopic (exact) mass is 683 g/mol. The number of ether oxygens (including phenoxy) is 1. The van der Waals surface area contributed by atoms with Crippen molar-refractivity contribution in [3.8, 4) is 0 Å². The first kappa shape index (κ1) is 36.4. The summed E-state index contributed by atoms with van der Waals surface area (Å²) in [5.41, 5.74) is 3.24. The van der Waals surface area contributed by atoms with Crippen LogP contribution in [0, 0.1) is 19.3 Å². The van der Waals surface area contributed by atoms with E-state index in [1.54, 1.807) is 43.2 Å². The quantitative estimate of drug-likeness (QED) is 0.237. The molecule has 2 aromatic heterocycles. The van der Waals surface area contributed by atoms with Crippen LogP contribution in [-0.2, 0) is 27.4 Å². The van der Waals surface area contributed by atoms with Gasteiger partial charge in [-0.15, -0.1) is 0 Å². The maximum Gasteiger partial charge on any atom is 0.314 e. The lowest BCUT2D eigenvalue weighted by Gasteiger charge is -2.43. The average Bonchev–Trinajstić information content (AvgIpc) is 3.56. The molecule has 1 fully saturated rings. The van der Waals surface area contributed by atoms with E-state index in [-0.39, 0.29) is 36.2 Å². The lowest BCUT2D eigenvalue weighted by atomic mass is 9.74. The van der Waals surface area contributed by atoms with Gasteiger partial charge in [0.25, 0.3) is 11.5 Å². The maximum absolute atomic E-state index is 14.6. The predicted octanol–water partition coefficient (Wildman–Crippen LogP) is 5.62. The smallest absolute Gasteiger partial charge is 0.314 e. The number of hydrogen-bond acceptors (Lipinski definition) is 7. The van der Waals surface area contributed by atoms with Crippen molar-refractivity contribution in [1.29, 1.82) is 0 Å². The third-order valence-corrected chi connectivity index (χ3v) is 10.2. The zero-order chi connectivity index (χ0) is 36.0. The van der Waals surface area contributed by atoms with Crippen molar-refractivity contribution in [3.63, 3.8) is 0 Å². The molecular formula is C39H46FN5O5. The van der Waals surface area contributed by atoms with Crippen molar-refractivity contribution in [2.45, 2.75) is 104 Å². The number of nitrogens with zero attached hydrogens (tertiary/aromatic N) is 3. The number of likely N-dealkylation sites (tertiary alicyclic amines) is 1. The fourth-order valence-corrected chi connectivity index (χ4v) is 7.29. The number of aromatic nitrogens is 3. The van der Waals surface area contributed by atoms with Gasteiger partial charge in [0.15, 0.2) is 0 Å². The van der Waals surface area contributed by atoms with E-state index in [1.165, 1.54) is 6.08 Å². The van der Waals surface area contributed by atoms with E-state index in [1.807, 2.05) is 57.2 Å². The third-order valence-electron chi connectivity index (χ3n) is 10.2. The summed E-state index contributed by atoms with van der Waals surface area (Å²) in [4.78, 5) is 60.3. The second-order valence-electron chi connectivity index (χ2n) is 13.4. The third kappa shape index (κ3) is 7.77. The molecule has 2 amide bonds. The SMILES string of the molecule is CCC(CC)(C(=O)OCc1ccccc1)[C@H]1CC[C@@H](C2=CC=CC(F)C2)N1C(=O)[C@@H](C)NC(=O)c1cc(C)c(Cc2cc(C)n[nH]c2=O)cn1. The predicted molar refractivity (Wildman–Crippen MR) is 188 cm³/mol. The lowest BCUT2D eigenvalue weighted by Crippen LogP contribution is -2.58. The number of amides is 2. The zero-order valence-corrected chi connectivity index (χ0v) is 29.4. The van der Waals surface area contributed by atoms with Crippen molar-refractivity contribution >= 4 is 17.8 Å². The van der Waals surface area contributed by atoms with Crippen LogP contribution in [-0.4, -0.2) is 62.2 Å². The van der Waals surface area contributed by atoms with Crippen LogP contribution in [0.3, 0.4) is 0 Å². The molecule has 3 heterocycles. The largest absolute Gasteiger partial charge is 0.460 e. The molecular weight excluding hydrogens is 637 g/mol. The Balaban J connectivity index is 1.38. The van der Waals surface area contributed by atoms with Gasteiger partial charge in [-0.3, -0.25) is 24.2 Å². The maximum atomic E-state index is 14.6. The highest BCUT2D eigenvalue weighted by molar-refractivity contribution is 5.96. The topological polar surface area (TPSA) is 134 Å². The van der Waals surface area contributed by atoms with Gasteiger partial charge in [-0.1, -0.05) is 62.4 Å². The minimum atomic E-state index is -1.17. The van der Waals surface area contributed by atoms with Gasteiger partial charge in [0.05, 0.1) is 17.2 Å². The Hall–Kier alpha value is -4.93. The molecule has 50 heavy (non-hydrogen) atoms. The van der Waals surface area contributed by atoms with Gasteiger partial charge in [-0.2, -0.15) is 5.10 Å². The molecule has 0 spiro atoms. The standard InChI is InChI=1S/C39H46FN5O5/c1-6-39(7-2,38(49)50-23-27-12-9-8-10-13-27)34-17-16-33(28-14-11-15-31(40)21-28)45(34)37(48)26(5)42-36(47)32-18-24(3)30(22-41-32)20-29-19-25(4)43-44-35(29)46/h8-15,18-19,22,26,31,33-34H,6-7,16-17,20-21,23H2,1-5H3,(H,42,47)(H,44,46)/t26-,31?,33+,34-/m1/s1. The van der Waals surface area contributed by atoms with Crippen molar-refractivity contribution < 1.29 is 23.5 Å². The molecule has 1 aliphatic carbocycles. The molecule has 264 valence electrons. The normalized spacial score (nSPS) is 19.5. The van der Waals surface area contributed by atoms with Crippen LogP contribution in [0.15, 0.2) is 77.3 Å². The number of carbonyl (C=O) groups is 3. The van der Waals surface area contributed by atoms with Crippen molar-refractivity contribution in [1.82, 2.24) is 25.4 Å². The molecule has 1 saturated heterocycles. The molecule has 0 bridgehead atoms. The van der Waals surface area contributed by atoms with Gasteiger partial charge < -0.3 is 15.0 Å². The second kappa shape index (κ2) is 15.7. The molecule has 4 atom stereocenters.